The molecule has 4 aromatic rings. The highest BCUT2D eigenvalue weighted by Crippen LogP contribution is 2.34. The molecule has 0 saturated carbocycles. The van der Waals surface area contributed by atoms with E-state index < -0.39 is 5.97 Å². The molecule has 0 saturated heterocycles. The van der Waals surface area contributed by atoms with Crippen LogP contribution < -0.4 is 9.47 Å². The minimum absolute atomic E-state index is 0.156. The molecule has 0 unspecified atom stereocenters. The number of para-hydroxylation sites is 1. The predicted molar refractivity (Wildman–Crippen MR) is 136 cm³/mol. The fraction of sp³-hybridized carbons (Fsp3) is 0.138. The Morgan fingerprint density at radius 2 is 1.83 bits per heavy atom. The van der Waals surface area contributed by atoms with Gasteiger partial charge in [-0.1, -0.05) is 25.1 Å². The minimum atomic E-state index is -0.513. The zero-order valence-corrected chi connectivity index (χ0v) is 19.9. The molecule has 3 aromatic carbocycles. The summed E-state index contributed by atoms with van der Waals surface area (Å²) in [4.78, 5) is 25.0. The number of hydrogen-bond acceptors (Lipinski definition) is 6. The zero-order valence-electron chi connectivity index (χ0n) is 19.9. The van der Waals surface area contributed by atoms with Crippen LogP contribution in [0.15, 0.2) is 84.8 Å². The van der Waals surface area contributed by atoms with Crippen LogP contribution in [0.1, 0.15) is 39.6 Å². The van der Waals surface area contributed by atoms with Crippen molar-refractivity contribution < 1.29 is 23.8 Å². The van der Waals surface area contributed by atoms with Gasteiger partial charge in [-0.3, -0.25) is 4.79 Å². The van der Waals surface area contributed by atoms with Gasteiger partial charge in [-0.05, 0) is 67.1 Å². The second kappa shape index (κ2) is 9.92. The molecule has 0 N–H and O–H groups in total. The SMILES string of the molecule is CCCOc1ccc(-c2nn(-c3ccccc3)cc2C=C2Oc3ccc(C(=O)OC)cc3C2=O)cc1. The molecular weight excluding hydrogens is 456 g/mol. The first kappa shape index (κ1) is 23.1. The molecular formula is C29H24N2O5. The van der Waals surface area contributed by atoms with Crippen molar-refractivity contribution in [3.63, 3.8) is 0 Å². The molecule has 1 aromatic heterocycles. The molecule has 0 fully saturated rings. The Hall–Kier alpha value is -4.65. The molecule has 0 atom stereocenters. The highest BCUT2D eigenvalue weighted by Gasteiger charge is 2.29. The fourth-order valence-corrected chi connectivity index (χ4v) is 3.93. The summed E-state index contributed by atoms with van der Waals surface area (Å²) in [5.74, 6) is 0.518. The number of esters is 1. The summed E-state index contributed by atoms with van der Waals surface area (Å²) in [5.41, 5.74) is 3.77. The molecule has 7 heteroatoms. The number of carbonyl (C=O) groups is 2. The number of ether oxygens (including phenoxy) is 3. The first-order chi connectivity index (χ1) is 17.6. The van der Waals surface area contributed by atoms with Crippen LogP contribution in [0.25, 0.3) is 23.0 Å². The lowest BCUT2D eigenvalue weighted by Crippen LogP contribution is -2.03. The number of carbonyl (C=O) groups excluding carboxylic acids is 2. The third-order valence-electron chi connectivity index (χ3n) is 5.74. The zero-order chi connectivity index (χ0) is 25.1. The number of rotatable bonds is 7. The van der Waals surface area contributed by atoms with Gasteiger partial charge in [0.1, 0.15) is 17.2 Å². The summed E-state index contributed by atoms with van der Waals surface area (Å²) in [6.45, 7) is 2.71. The summed E-state index contributed by atoms with van der Waals surface area (Å²) in [5, 5.41) is 4.81. The number of methoxy groups -OCH3 is 1. The van der Waals surface area contributed by atoms with Crippen LogP contribution in [0.3, 0.4) is 0 Å². The van der Waals surface area contributed by atoms with E-state index in [4.69, 9.17) is 19.3 Å². The molecule has 0 aliphatic carbocycles. The van der Waals surface area contributed by atoms with E-state index in [1.54, 1.807) is 22.9 Å². The Morgan fingerprint density at radius 1 is 1.06 bits per heavy atom. The van der Waals surface area contributed by atoms with Gasteiger partial charge in [-0.15, -0.1) is 0 Å². The van der Waals surface area contributed by atoms with Crippen LogP contribution in [-0.2, 0) is 4.74 Å². The monoisotopic (exact) mass is 480 g/mol. The molecule has 7 nitrogen and oxygen atoms in total. The van der Waals surface area contributed by atoms with Crippen molar-refractivity contribution in [2.45, 2.75) is 13.3 Å². The minimum Gasteiger partial charge on any atom is -0.494 e. The normalized spacial score (nSPS) is 13.4. The summed E-state index contributed by atoms with van der Waals surface area (Å²) in [6.07, 6.45) is 4.47. The Balaban J connectivity index is 1.54. The van der Waals surface area contributed by atoms with E-state index in [2.05, 4.69) is 6.92 Å². The van der Waals surface area contributed by atoms with Gasteiger partial charge in [-0.25, -0.2) is 9.48 Å². The van der Waals surface area contributed by atoms with Gasteiger partial charge < -0.3 is 14.2 Å². The molecule has 0 spiro atoms. The van der Waals surface area contributed by atoms with E-state index in [1.807, 2.05) is 60.8 Å². The van der Waals surface area contributed by atoms with Crippen molar-refractivity contribution in [1.29, 1.82) is 0 Å². The number of fused-ring (bicyclic) bond motifs is 1. The lowest BCUT2D eigenvalue weighted by Gasteiger charge is -2.05. The van der Waals surface area contributed by atoms with E-state index in [9.17, 15) is 9.59 Å². The second-order valence-electron chi connectivity index (χ2n) is 8.23. The van der Waals surface area contributed by atoms with E-state index in [0.29, 0.717) is 29.2 Å². The Labute approximate surface area is 208 Å². The van der Waals surface area contributed by atoms with Gasteiger partial charge in [0.25, 0.3) is 0 Å². The standard InChI is InChI=1S/C29H24N2O5/c1-3-15-35-23-12-9-19(10-13-23)27-21(18-31(30-27)22-7-5-4-6-8-22)17-26-28(32)24-16-20(29(33)34-2)11-14-25(24)36-26/h4-14,16-18H,3,15H2,1-2H3. The van der Waals surface area contributed by atoms with Crippen molar-refractivity contribution in [1.82, 2.24) is 9.78 Å². The van der Waals surface area contributed by atoms with Crippen LogP contribution in [0.4, 0.5) is 0 Å². The van der Waals surface area contributed by atoms with Gasteiger partial charge in [-0.2, -0.15) is 5.10 Å². The van der Waals surface area contributed by atoms with Crippen LogP contribution in [-0.4, -0.2) is 35.2 Å². The Kier molecular flexibility index (Phi) is 6.36. The number of aromatic nitrogens is 2. The molecule has 36 heavy (non-hydrogen) atoms. The fourth-order valence-electron chi connectivity index (χ4n) is 3.93. The average Bonchev–Trinajstić information content (AvgIpc) is 3.48. The first-order valence-electron chi connectivity index (χ1n) is 11.6. The third kappa shape index (κ3) is 4.51. The van der Waals surface area contributed by atoms with Crippen molar-refractivity contribution in [3.05, 3.63) is 101 Å². The maximum absolute atomic E-state index is 13.1. The lowest BCUT2D eigenvalue weighted by atomic mass is 10.0. The summed E-state index contributed by atoms with van der Waals surface area (Å²) in [7, 11) is 1.30. The van der Waals surface area contributed by atoms with Crippen LogP contribution >= 0.6 is 0 Å². The molecule has 2 heterocycles. The molecule has 5 rings (SSSR count). The van der Waals surface area contributed by atoms with E-state index in [-0.39, 0.29) is 17.1 Å². The smallest absolute Gasteiger partial charge is 0.337 e. The Bertz CT molecular complexity index is 1450. The summed E-state index contributed by atoms with van der Waals surface area (Å²) < 4.78 is 18.1. The molecule has 1 aliphatic heterocycles. The topological polar surface area (TPSA) is 79.7 Å². The molecule has 1 aliphatic rings. The number of nitrogens with zero attached hydrogens (tertiary/aromatic N) is 2. The highest BCUT2D eigenvalue weighted by atomic mass is 16.5. The number of allylic oxidation sites excluding steroid dienone is 1. The van der Waals surface area contributed by atoms with E-state index >= 15 is 0 Å². The average molecular weight is 481 g/mol. The van der Waals surface area contributed by atoms with Gasteiger partial charge in [0.05, 0.1) is 30.5 Å². The van der Waals surface area contributed by atoms with Crippen LogP contribution in [0.5, 0.6) is 11.5 Å². The highest BCUT2D eigenvalue weighted by molar-refractivity contribution is 6.15. The quantitative estimate of drug-likeness (QED) is 0.248. The number of Topliss-reactive ketones (excluding diaryl/α,β-unsaturated/α-hetero) is 1. The summed E-state index contributed by atoms with van der Waals surface area (Å²) in [6, 6.07) is 22.1. The van der Waals surface area contributed by atoms with Gasteiger partial charge >= 0.3 is 5.97 Å². The van der Waals surface area contributed by atoms with E-state index in [1.165, 1.54) is 13.2 Å². The van der Waals surface area contributed by atoms with Gasteiger partial charge in [0, 0.05) is 17.3 Å². The van der Waals surface area contributed by atoms with E-state index in [0.717, 1.165) is 23.4 Å². The molecule has 180 valence electrons. The predicted octanol–water partition coefficient (Wildman–Crippen LogP) is 5.73. The van der Waals surface area contributed by atoms with Crippen molar-refractivity contribution in [2.24, 2.45) is 0 Å². The van der Waals surface area contributed by atoms with Crippen molar-refractivity contribution in [3.8, 4) is 28.4 Å². The van der Waals surface area contributed by atoms with Crippen LogP contribution in [0.2, 0.25) is 0 Å². The number of ketones is 1. The third-order valence-corrected chi connectivity index (χ3v) is 5.74. The largest absolute Gasteiger partial charge is 0.494 e. The molecule has 0 bridgehead atoms. The maximum Gasteiger partial charge on any atom is 0.337 e. The number of benzene rings is 3. The second-order valence-corrected chi connectivity index (χ2v) is 8.23. The lowest BCUT2D eigenvalue weighted by molar-refractivity contribution is 0.0600. The maximum atomic E-state index is 13.1. The van der Waals surface area contributed by atoms with Crippen LogP contribution in [0, 0.1) is 0 Å². The molecule has 0 radical (unpaired) electrons. The van der Waals surface area contributed by atoms with Crippen molar-refractivity contribution >= 4 is 17.8 Å². The molecule has 0 amide bonds. The summed E-state index contributed by atoms with van der Waals surface area (Å²) >= 11 is 0. The van der Waals surface area contributed by atoms with Gasteiger partial charge in [0.2, 0.25) is 5.78 Å². The first-order valence-corrected chi connectivity index (χ1v) is 11.6. The van der Waals surface area contributed by atoms with Crippen molar-refractivity contribution in [2.75, 3.05) is 13.7 Å². The van der Waals surface area contributed by atoms with Gasteiger partial charge in [0.15, 0.2) is 5.76 Å². The Morgan fingerprint density at radius 3 is 2.56 bits per heavy atom. The number of hydrogen-bond donors (Lipinski definition) is 0.